The van der Waals surface area contributed by atoms with Crippen LogP contribution in [-0.2, 0) is 13.1 Å². The molecule has 20 heavy (non-hydrogen) atoms. The first-order valence-electron chi connectivity index (χ1n) is 6.39. The third-order valence-corrected chi connectivity index (χ3v) is 3.10. The SMILES string of the molecule is Cc1cccnc1CNCc1ccc(C(N)=NO)cc1. The van der Waals surface area contributed by atoms with Crippen molar-refractivity contribution in [2.24, 2.45) is 10.9 Å². The van der Waals surface area contributed by atoms with E-state index in [1.54, 1.807) is 6.20 Å². The number of hydrogen-bond acceptors (Lipinski definition) is 4. The zero-order valence-electron chi connectivity index (χ0n) is 11.4. The summed E-state index contributed by atoms with van der Waals surface area (Å²) in [5.41, 5.74) is 9.59. The van der Waals surface area contributed by atoms with E-state index in [1.807, 2.05) is 30.3 Å². The molecule has 1 aromatic heterocycles. The highest BCUT2D eigenvalue weighted by molar-refractivity contribution is 5.96. The van der Waals surface area contributed by atoms with Gasteiger partial charge in [-0.3, -0.25) is 4.98 Å². The highest BCUT2D eigenvalue weighted by Crippen LogP contribution is 2.06. The van der Waals surface area contributed by atoms with Gasteiger partial charge in [0.2, 0.25) is 0 Å². The molecule has 5 nitrogen and oxygen atoms in total. The first-order chi connectivity index (χ1) is 9.70. The molecule has 0 aliphatic carbocycles. The number of nitrogens with one attached hydrogen (secondary N) is 1. The van der Waals surface area contributed by atoms with E-state index in [1.165, 1.54) is 5.56 Å². The first kappa shape index (κ1) is 14.0. The van der Waals surface area contributed by atoms with Crippen LogP contribution in [0.2, 0.25) is 0 Å². The summed E-state index contributed by atoms with van der Waals surface area (Å²) in [4.78, 5) is 4.34. The van der Waals surface area contributed by atoms with E-state index in [0.29, 0.717) is 5.56 Å². The minimum Gasteiger partial charge on any atom is -0.409 e. The van der Waals surface area contributed by atoms with Gasteiger partial charge < -0.3 is 16.3 Å². The summed E-state index contributed by atoms with van der Waals surface area (Å²) in [5.74, 6) is 0.119. The fourth-order valence-corrected chi connectivity index (χ4v) is 1.88. The number of aromatic nitrogens is 1. The summed E-state index contributed by atoms with van der Waals surface area (Å²) in [6, 6.07) is 11.5. The third kappa shape index (κ3) is 3.55. The Morgan fingerprint density at radius 1 is 1.25 bits per heavy atom. The minimum atomic E-state index is 0.119. The van der Waals surface area contributed by atoms with Crippen molar-refractivity contribution in [2.45, 2.75) is 20.0 Å². The van der Waals surface area contributed by atoms with Crippen molar-refractivity contribution in [1.29, 1.82) is 0 Å². The molecular formula is C15H18N4O. The van der Waals surface area contributed by atoms with E-state index < -0.39 is 0 Å². The summed E-state index contributed by atoms with van der Waals surface area (Å²) in [7, 11) is 0. The van der Waals surface area contributed by atoms with Gasteiger partial charge in [0.05, 0.1) is 5.69 Å². The highest BCUT2D eigenvalue weighted by atomic mass is 16.4. The molecule has 1 aromatic carbocycles. The van der Waals surface area contributed by atoms with Crippen LogP contribution in [0.25, 0.3) is 0 Å². The molecule has 0 saturated heterocycles. The Hall–Kier alpha value is -2.40. The Balaban J connectivity index is 1.90. The Labute approximate surface area is 118 Å². The van der Waals surface area contributed by atoms with Crippen molar-refractivity contribution < 1.29 is 5.21 Å². The van der Waals surface area contributed by atoms with E-state index in [9.17, 15) is 0 Å². The predicted molar refractivity (Wildman–Crippen MR) is 78.5 cm³/mol. The minimum absolute atomic E-state index is 0.119. The van der Waals surface area contributed by atoms with Crippen molar-refractivity contribution in [2.75, 3.05) is 0 Å². The van der Waals surface area contributed by atoms with Crippen LogP contribution in [0.5, 0.6) is 0 Å². The van der Waals surface area contributed by atoms with E-state index in [-0.39, 0.29) is 5.84 Å². The van der Waals surface area contributed by atoms with Crippen LogP contribution in [0.4, 0.5) is 0 Å². The summed E-state index contributed by atoms with van der Waals surface area (Å²) < 4.78 is 0. The van der Waals surface area contributed by atoms with Gasteiger partial charge in [-0.25, -0.2) is 0 Å². The lowest BCUT2D eigenvalue weighted by atomic mass is 10.1. The molecule has 0 aliphatic rings. The molecule has 5 heteroatoms. The molecule has 0 spiro atoms. The van der Waals surface area contributed by atoms with E-state index in [2.05, 4.69) is 28.4 Å². The fraction of sp³-hybridized carbons (Fsp3) is 0.200. The zero-order valence-corrected chi connectivity index (χ0v) is 11.4. The summed E-state index contributed by atoms with van der Waals surface area (Å²) in [6.45, 7) is 3.52. The largest absolute Gasteiger partial charge is 0.409 e. The Bertz CT molecular complexity index is 593. The van der Waals surface area contributed by atoms with Gasteiger partial charge in [-0.1, -0.05) is 35.5 Å². The Morgan fingerprint density at radius 2 is 2.00 bits per heavy atom. The number of nitrogens with two attached hydrogens (primary N) is 1. The average Bonchev–Trinajstić information content (AvgIpc) is 2.49. The monoisotopic (exact) mass is 270 g/mol. The molecule has 4 N–H and O–H groups in total. The predicted octanol–water partition coefficient (Wildman–Crippen LogP) is 1.77. The number of aryl methyl sites for hydroxylation is 1. The standard InChI is InChI=1S/C15H18N4O/c1-11-3-2-8-18-14(11)10-17-9-12-4-6-13(7-5-12)15(16)19-20/h2-8,17,20H,9-10H2,1H3,(H2,16,19). The molecule has 2 rings (SSSR count). The smallest absolute Gasteiger partial charge is 0.170 e. The number of rotatable bonds is 5. The van der Waals surface area contributed by atoms with Crippen LogP contribution in [0, 0.1) is 6.92 Å². The molecule has 0 bridgehead atoms. The zero-order chi connectivity index (χ0) is 14.4. The van der Waals surface area contributed by atoms with Crippen LogP contribution in [0.15, 0.2) is 47.8 Å². The van der Waals surface area contributed by atoms with Crippen LogP contribution in [0.3, 0.4) is 0 Å². The van der Waals surface area contributed by atoms with Crippen molar-refractivity contribution in [3.05, 3.63) is 65.0 Å². The van der Waals surface area contributed by atoms with Gasteiger partial charge in [-0.15, -0.1) is 0 Å². The van der Waals surface area contributed by atoms with Crippen LogP contribution in [-0.4, -0.2) is 16.0 Å². The van der Waals surface area contributed by atoms with Gasteiger partial charge in [0.25, 0.3) is 0 Å². The molecule has 0 fully saturated rings. The lowest BCUT2D eigenvalue weighted by Gasteiger charge is -2.07. The normalized spacial score (nSPS) is 11.6. The summed E-state index contributed by atoms with van der Waals surface area (Å²) in [6.07, 6.45) is 1.80. The Kier molecular flexibility index (Phi) is 4.68. The molecular weight excluding hydrogens is 252 g/mol. The summed E-state index contributed by atoms with van der Waals surface area (Å²) >= 11 is 0. The number of oxime groups is 1. The van der Waals surface area contributed by atoms with Crippen LogP contribution in [0.1, 0.15) is 22.4 Å². The molecule has 2 aromatic rings. The van der Waals surface area contributed by atoms with Crippen LogP contribution >= 0.6 is 0 Å². The van der Waals surface area contributed by atoms with Crippen molar-refractivity contribution in [3.63, 3.8) is 0 Å². The number of benzene rings is 1. The lowest BCUT2D eigenvalue weighted by Crippen LogP contribution is -2.15. The second kappa shape index (κ2) is 6.68. The second-order valence-electron chi connectivity index (χ2n) is 4.55. The molecule has 0 saturated carbocycles. The van der Waals surface area contributed by atoms with Crippen molar-refractivity contribution in [1.82, 2.24) is 10.3 Å². The third-order valence-electron chi connectivity index (χ3n) is 3.10. The summed E-state index contributed by atoms with van der Waals surface area (Å²) in [5, 5.41) is 14.9. The number of pyridine rings is 1. The second-order valence-corrected chi connectivity index (χ2v) is 4.55. The first-order valence-corrected chi connectivity index (χ1v) is 6.39. The van der Waals surface area contributed by atoms with E-state index in [4.69, 9.17) is 10.9 Å². The molecule has 0 unspecified atom stereocenters. The lowest BCUT2D eigenvalue weighted by molar-refractivity contribution is 0.318. The number of nitrogens with zero attached hydrogens (tertiary/aromatic N) is 2. The maximum atomic E-state index is 8.59. The van der Waals surface area contributed by atoms with Gasteiger partial charge in [-0.05, 0) is 24.1 Å². The Morgan fingerprint density at radius 3 is 2.65 bits per heavy atom. The molecule has 0 amide bonds. The molecule has 1 heterocycles. The van der Waals surface area contributed by atoms with Gasteiger partial charge in [-0.2, -0.15) is 0 Å². The molecule has 0 atom stereocenters. The molecule has 0 aliphatic heterocycles. The van der Waals surface area contributed by atoms with Gasteiger partial charge >= 0.3 is 0 Å². The van der Waals surface area contributed by atoms with E-state index >= 15 is 0 Å². The molecule has 0 radical (unpaired) electrons. The van der Waals surface area contributed by atoms with Crippen molar-refractivity contribution >= 4 is 5.84 Å². The highest BCUT2D eigenvalue weighted by Gasteiger charge is 2.01. The van der Waals surface area contributed by atoms with Gasteiger partial charge in [0, 0.05) is 24.8 Å². The van der Waals surface area contributed by atoms with Crippen molar-refractivity contribution in [3.8, 4) is 0 Å². The topological polar surface area (TPSA) is 83.5 Å². The number of amidine groups is 1. The number of hydrogen-bond donors (Lipinski definition) is 3. The quantitative estimate of drug-likeness (QED) is 0.335. The van der Waals surface area contributed by atoms with E-state index in [0.717, 1.165) is 24.3 Å². The molecule has 104 valence electrons. The maximum absolute atomic E-state index is 8.59. The van der Waals surface area contributed by atoms with Gasteiger partial charge in [0.15, 0.2) is 5.84 Å². The maximum Gasteiger partial charge on any atom is 0.170 e. The fourth-order valence-electron chi connectivity index (χ4n) is 1.88. The van der Waals surface area contributed by atoms with Gasteiger partial charge in [0.1, 0.15) is 0 Å². The average molecular weight is 270 g/mol. The van der Waals surface area contributed by atoms with Crippen LogP contribution < -0.4 is 11.1 Å².